The molecule has 3 rings (SSSR count). The van der Waals surface area contributed by atoms with Crippen LogP contribution in [0.25, 0.3) is 0 Å². The van der Waals surface area contributed by atoms with Crippen LogP contribution < -0.4 is 0 Å². The number of aromatic nitrogens is 2. The second kappa shape index (κ2) is 9.40. The Balaban J connectivity index is 1.57. The quantitative estimate of drug-likeness (QED) is 0.645. The van der Waals surface area contributed by atoms with Gasteiger partial charge in [0.05, 0.1) is 5.25 Å². The lowest BCUT2D eigenvalue weighted by atomic mass is 9.98. The minimum Gasteiger partial charge on any atom is -0.416 e. The van der Waals surface area contributed by atoms with Crippen molar-refractivity contribution >= 4 is 17.7 Å². The molecule has 0 radical (unpaired) electrons. The van der Waals surface area contributed by atoms with E-state index in [1.54, 1.807) is 0 Å². The van der Waals surface area contributed by atoms with Crippen LogP contribution in [-0.2, 0) is 11.2 Å². The highest BCUT2D eigenvalue weighted by Gasteiger charge is 2.30. The Bertz CT molecular complexity index is 734. The Kier molecular flexibility index (Phi) is 6.94. The normalized spacial score (nSPS) is 19.7. The molecule has 1 fully saturated rings. The molecule has 1 aromatic heterocycles. The number of carbonyl (C=O) groups is 1. The first-order valence-electron chi connectivity index (χ1n) is 9.93. The summed E-state index contributed by atoms with van der Waals surface area (Å²) in [5, 5.41) is 8.59. The molecule has 0 aliphatic carbocycles. The number of rotatable bonds is 7. The smallest absolute Gasteiger partial charge is 0.277 e. The SMILES string of the molecule is CCC1CCCCN1C(=O)C(C)Sc1nnc(CC(C)c2ccccc2)o1. The zero-order chi connectivity index (χ0) is 19.2. The van der Waals surface area contributed by atoms with E-state index in [0.29, 0.717) is 29.5 Å². The van der Waals surface area contributed by atoms with Gasteiger partial charge < -0.3 is 9.32 Å². The van der Waals surface area contributed by atoms with Gasteiger partial charge >= 0.3 is 0 Å². The van der Waals surface area contributed by atoms with Crippen LogP contribution in [0, 0.1) is 0 Å². The average Bonchev–Trinajstić information content (AvgIpc) is 3.14. The van der Waals surface area contributed by atoms with Gasteiger partial charge in [0.1, 0.15) is 0 Å². The van der Waals surface area contributed by atoms with Gasteiger partial charge in [-0.25, -0.2) is 0 Å². The van der Waals surface area contributed by atoms with E-state index >= 15 is 0 Å². The second-order valence-corrected chi connectivity index (χ2v) is 8.62. The molecule has 1 aliphatic heterocycles. The van der Waals surface area contributed by atoms with Gasteiger partial charge in [-0.2, -0.15) is 0 Å². The molecule has 2 heterocycles. The minimum atomic E-state index is -0.211. The highest BCUT2D eigenvalue weighted by Crippen LogP contribution is 2.28. The minimum absolute atomic E-state index is 0.184. The van der Waals surface area contributed by atoms with Crippen LogP contribution >= 0.6 is 11.8 Å². The number of hydrogen-bond donors (Lipinski definition) is 0. The second-order valence-electron chi connectivity index (χ2n) is 7.33. The highest BCUT2D eigenvalue weighted by atomic mass is 32.2. The fourth-order valence-corrected chi connectivity index (χ4v) is 4.45. The summed E-state index contributed by atoms with van der Waals surface area (Å²) in [6.45, 7) is 7.11. The fourth-order valence-electron chi connectivity index (χ4n) is 3.68. The summed E-state index contributed by atoms with van der Waals surface area (Å²) in [7, 11) is 0. The monoisotopic (exact) mass is 387 g/mol. The van der Waals surface area contributed by atoms with E-state index in [1.165, 1.54) is 23.7 Å². The Morgan fingerprint density at radius 2 is 2.04 bits per heavy atom. The van der Waals surface area contributed by atoms with Crippen molar-refractivity contribution < 1.29 is 9.21 Å². The third-order valence-corrected chi connectivity index (χ3v) is 6.23. The van der Waals surface area contributed by atoms with Crippen molar-refractivity contribution in [2.45, 2.75) is 75.3 Å². The maximum absolute atomic E-state index is 12.9. The summed E-state index contributed by atoms with van der Waals surface area (Å²) in [5.74, 6) is 1.11. The number of hydrogen-bond acceptors (Lipinski definition) is 5. The zero-order valence-corrected chi connectivity index (χ0v) is 17.2. The predicted octanol–water partition coefficient (Wildman–Crippen LogP) is 4.69. The van der Waals surface area contributed by atoms with Crippen LogP contribution in [-0.4, -0.2) is 38.8 Å². The summed E-state index contributed by atoms with van der Waals surface area (Å²) >= 11 is 1.37. The fraction of sp³-hybridized carbons (Fsp3) is 0.571. The van der Waals surface area contributed by atoms with Crippen LogP contribution in [0.3, 0.4) is 0 Å². The Morgan fingerprint density at radius 3 is 2.78 bits per heavy atom. The molecule has 146 valence electrons. The molecular weight excluding hydrogens is 358 g/mol. The molecule has 6 heteroatoms. The predicted molar refractivity (Wildman–Crippen MR) is 108 cm³/mol. The number of piperidine rings is 1. The van der Waals surface area contributed by atoms with Crippen molar-refractivity contribution in [1.82, 2.24) is 15.1 Å². The van der Waals surface area contributed by atoms with Gasteiger partial charge in [-0.1, -0.05) is 55.9 Å². The van der Waals surface area contributed by atoms with Crippen molar-refractivity contribution in [3.8, 4) is 0 Å². The van der Waals surface area contributed by atoms with Gasteiger partial charge in [0.2, 0.25) is 11.8 Å². The molecule has 1 amide bonds. The summed E-state index contributed by atoms with van der Waals surface area (Å²) in [6, 6.07) is 10.7. The van der Waals surface area contributed by atoms with Crippen molar-refractivity contribution in [3.05, 3.63) is 41.8 Å². The Morgan fingerprint density at radius 1 is 1.26 bits per heavy atom. The van der Waals surface area contributed by atoms with Gasteiger partial charge in [0.15, 0.2) is 0 Å². The molecule has 3 unspecified atom stereocenters. The molecule has 2 aromatic rings. The van der Waals surface area contributed by atoms with E-state index in [4.69, 9.17) is 4.42 Å². The number of benzene rings is 1. The van der Waals surface area contributed by atoms with E-state index in [1.807, 2.05) is 25.1 Å². The number of carbonyl (C=O) groups excluding carboxylic acids is 1. The van der Waals surface area contributed by atoms with Crippen molar-refractivity contribution in [1.29, 1.82) is 0 Å². The first-order chi connectivity index (χ1) is 13.1. The maximum Gasteiger partial charge on any atom is 0.277 e. The molecular formula is C21H29N3O2S. The average molecular weight is 388 g/mol. The summed E-state index contributed by atoms with van der Waals surface area (Å²) in [6.07, 6.45) is 5.15. The summed E-state index contributed by atoms with van der Waals surface area (Å²) < 4.78 is 5.81. The zero-order valence-electron chi connectivity index (χ0n) is 16.4. The molecule has 0 N–H and O–H groups in total. The number of likely N-dealkylation sites (tertiary alicyclic amines) is 1. The first kappa shape index (κ1) is 19.9. The van der Waals surface area contributed by atoms with Crippen LogP contribution in [0.2, 0.25) is 0 Å². The summed E-state index contributed by atoms with van der Waals surface area (Å²) in [4.78, 5) is 14.9. The Labute approximate surface area is 165 Å². The molecule has 3 atom stereocenters. The standard InChI is InChI=1S/C21H29N3O2S/c1-4-18-12-8-9-13-24(18)20(25)16(3)27-21-23-22-19(26-21)14-15(2)17-10-6-5-7-11-17/h5-7,10-11,15-16,18H,4,8-9,12-14H2,1-3H3. The van der Waals surface area contributed by atoms with E-state index < -0.39 is 0 Å². The van der Waals surface area contributed by atoms with Crippen molar-refractivity contribution in [2.75, 3.05) is 6.54 Å². The summed E-state index contributed by atoms with van der Waals surface area (Å²) in [5.41, 5.74) is 1.25. The third kappa shape index (κ3) is 5.12. The van der Waals surface area contributed by atoms with Crippen molar-refractivity contribution in [3.63, 3.8) is 0 Å². The molecule has 1 aliphatic rings. The number of nitrogens with zero attached hydrogens (tertiary/aromatic N) is 3. The van der Waals surface area contributed by atoms with Crippen LogP contribution in [0.5, 0.6) is 0 Å². The molecule has 1 aromatic carbocycles. The molecule has 0 spiro atoms. The number of thioether (sulfide) groups is 1. The van der Waals surface area contributed by atoms with Gasteiger partial charge in [0, 0.05) is 19.0 Å². The van der Waals surface area contributed by atoms with Gasteiger partial charge in [0.25, 0.3) is 5.22 Å². The third-order valence-electron chi connectivity index (χ3n) is 5.30. The largest absolute Gasteiger partial charge is 0.416 e. The Hall–Kier alpha value is -1.82. The first-order valence-corrected chi connectivity index (χ1v) is 10.8. The molecule has 0 bridgehead atoms. The van der Waals surface area contributed by atoms with Crippen LogP contribution in [0.4, 0.5) is 0 Å². The van der Waals surface area contributed by atoms with E-state index in [-0.39, 0.29) is 11.2 Å². The topological polar surface area (TPSA) is 59.2 Å². The maximum atomic E-state index is 12.9. The number of amides is 1. The van der Waals surface area contributed by atoms with Gasteiger partial charge in [-0.05, 0) is 44.1 Å². The van der Waals surface area contributed by atoms with Crippen LogP contribution in [0.15, 0.2) is 40.0 Å². The molecule has 5 nitrogen and oxygen atoms in total. The lowest BCUT2D eigenvalue weighted by molar-refractivity contribution is -0.134. The lowest BCUT2D eigenvalue weighted by Gasteiger charge is -2.36. The van der Waals surface area contributed by atoms with Gasteiger partial charge in [-0.3, -0.25) is 4.79 Å². The highest BCUT2D eigenvalue weighted by molar-refractivity contribution is 8.00. The van der Waals surface area contributed by atoms with Crippen LogP contribution in [0.1, 0.15) is 63.8 Å². The lowest BCUT2D eigenvalue weighted by Crippen LogP contribution is -2.46. The van der Waals surface area contributed by atoms with Crippen molar-refractivity contribution in [2.24, 2.45) is 0 Å². The molecule has 1 saturated heterocycles. The van der Waals surface area contributed by atoms with E-state index in [2.05, 4.69) is 41.1 Å². The van der Waals surface area contributed by atoms with E-state index in [0.717, 1.165) is 25.8 Å². The molecule has 0 saturated carbocycles. The molecule has 27 heavy (non-hydrogen) atoms. The van der Waals surface area contributed by atoms with E-state index in [9.17, 15) is 4.79 Å². The van der Waals surface area contributed by atoms with Gasteiger partial charge in [-0.15, -0.1) is 10.2 Å².